The summed E-state index contributed by atoms with van der Waals surface area (Å²) in [5.74, 6) is -0.423. The molecule has 0 radical (unpaired) electrons. The van der Waals surface area contributed by atoms with Gasteiger partial charge < -0.3 is 20.1 Å². The summed E-state index contributed by atoms with van der Waals surface area (Å²) in [6.07, 6.45) is -1.72. The van der Waals surface area contributed by atoms with Crippen molar-refractivity contribution in [1.82, 2.24) is 5.32 Å². The fraction of sp³-hybridized carbons (Fsp3) is 0.200. The van der Waals surface area contributed by atoms with Gasteiger partial charge in [-0.15, -0.1) is 0 Å². The molecule has 0 unspecified atom stereocenters. The van der Waals surface area contributed by atoms with Gasteiger partial charge in [0, 0.05) is 22.9 Å². The molecule has 0 heterocycles. The molecule has 0 aromatic heterocycles. The number of rotatable bonds is 7. The molecule has 0 aliphatic carbocycles. The molecule has 0 saturated heterocycles. The number of carbonyl (C=O) groups excluding carboxylic acids is 2. The van der Waals surface area contributed by atoms with Crippen LogP contribution in [0.3, 0.4) is 0 Å². The van der Waals surface area contributed by atoms with Crippen LogP contribution in [0.2, 0.25) is 0 Å². The SMILES string of the molecule is COc1cccc(/C=C/C(=O)Nc2cccc(C(=O)NCC(F)(F)F)c2)c1OC. The van der Waals surface area contributed by atoms with E-state index in [-0.39, 0.29) is 11.3 Å². The molecule has 0 saturated carbocycles. The largest absolute Gasteiger partial charge is 0.493 e. The third kappa shape index (κ3) is 6.56. The maximum Gasteiger partial charge on any atom is 0.405 e. The number of halogens is 3. The van der Waals surface area contributed by atoms with E-state index in [1.54, 1.807) is 23.5 Å². The second kappa shape index (κ2) is 9.63. The van der Waals surface area contributed by atoms with Crippen molar-refractivity contribution in [2.45, 2.75) is 6.18 Å². The maximum absolute atomic E-state index is 12.2. The van der Waals surface area contributed by atoms with Gasteiger partial charge in [-0.3, -0.25) is 9.59 Å². The lowest BCUT2D eigenvalue weighted by molar-refractivity contribution is -0.123. The van der Waals surface area contributed by atoms with Crippen LogP contribution in [0.25, 0.3) is 6.08 Å². The second-order valence-corrected chi connectivity index (χ2v) is 5.78. The van der Waals surface area contributed by atoms with Gasteiger partial charge in [-0.2, -0.15) is 13.2 Å². The highest BCUT2D eigenvalue weighted by atomic mass is 19.4. The zero-order valence-corrected chi connectivity index (χ0v) is 15.7. The first-order valence-electron chi connectivity index (χ1n) is 8.38. The molecule has 2 rings (SSSR count). The van der Waals surface area contributed by atoms with E-state index in [4.69, 9.17) is 9.47 Å². The highest BCUT2D eigenvalue weighted by molar-refractivity contribution is 6.03. The van der Waals surface area contributed by atoms with E-state index in [2.05, 4.69) is 5.32 Å². The van der Waals surface area contributed by atoms with Crippen LogP contribution in [0.5, 0.6) is 11.5 Å². The maximum atomic E-state index is 12.2. The Kier molecular flexibility index (Phi) is 7.24. The molecule has 2 amide bonds. The summed E-state index contributed by atoms with van der Waals surface area (Å²) in [5, 5.41) is 4.32. The quantitative estimate of drug-likeness (QED) is 0.686. The summed E-state index contributed by atoms with van der Waals surface area (Å²) in [7, 11) is 2.97. The molecule has 0 aliphatic rings. The Balaban J connectivity index is 2.06. The van der Waals surface area contributed by atoms with Crippen molar-refractivity contribution in [3.8, 4) is 11.5 Å². The van der Waals surface area contributed by atoms with Gasteiger partial charge in [-0.1, -0.05) is 18.2 Å². The lowest BCUT2D eigenvalue weighted by Gasteiger charge is -2.10. The first-order chi connectivity index (χ1) is 13.7. The predicted molar refractivity (Wildman–Crippen MR) is 102 cm³/mol. The summed E-state index contributed by atoms with van der Waals surface area (Å²) in [5.41, 5.74) is 0.865. The number of amides is 2. The zero-order valence-electron chi connectivity index (χ0n) is 15.7. The van der Waals surface area contributed by atoms with Gasteiger partial charge in [0.05, 0.1) is 14.2 Å². The van der Waals surface area contributed by atoms with Crippen molar-refractivity contribution in [1.29, 1.82) is 0 Å². The third-order valence-electron chi connectivity index (χ3n) is 3.69. The molecule has 0 spiro atoms. The fourth-order valence-corrected chi connectivity index (χ4v) is 2.41. The molecule has 6 nitrogen and oxygen atoms in total. The van der Waals surface area contributed by atoms with E-state index in [1.807, 2.05) is 0 Å². The van der Waals surface area contributed by atoms with Crippen molar-refractivity contribution >= 4 is 23.6 Å². The van der Waals surface area contributed by atoms with Crippen LogP contribution in [-0.4, -0.2) is 38.8 Å². The lowest BCUT2D eigenvalue weighted by Crippen LogP contribution is -2.33. The van der Waals surface area contributed by atoms with Gasteiger partial charge in [0.15, 0.2) is 11.5 Å². The molecule has 0 fully saturated rings. The minimum Gasteiger partial charge on any atom is -0.493 e. The van der Waals surface area contributed by atoms with Crippen molar-refractivity contribution in [3.05, 3.63) is 59.7 Å². The number of benzene rings is 2. The standard InChI is InChI=1S/C20H19F3N2O4/c1-28-16-8-4-5-13(18(16)29-2)9-10-17(26)25-15-7-3-6-14(11-15)19(27)24-12-20(21,22)23/h3-11H,12H2,1-2H3,(H,24,27)(H,25,26)/b10-9+. The van der Waals surface area contributed by atoms with Crippen LogP contribution in [0.15, 0.2) is 48.5 Å². The molecular weight excluding hydrogens is 389 g/mol. The van der Waals surface area contributed by atoms with Gasteiger partial charge in [0.2, 0.25) is 5.91 Å². The van der Waals surface area contributed by atoms with Crippen LogP contribution < -0.4 is 20.1 Å². The molecular formula is C20H19F3N2O4. The minimum absolute atomic E-state index is 0.00880. The van der Waals surface area contributed by atoms with Crippen molar-refractivity contribution < 1.29 is 32.2 Å². The van der Waals surface area contributed by atoms with E-state index >= 15 is 0 Å². The van der Waals surface area contributed by atoms with Gasteiger partial charge in [-0.05, 0) is 30.3 Å². The number of carbonyl (C=O) groups is 2. The molecule has 0 atom stereocenters. The average molecular weight is 408 g/mol. The summed E-state index contributed by atoms with van der Waals surface area (Å²) >= 11 is 0. The number of ether oxygens (including phenoxy) is 2. The summed E-state index contributed by atoms with van der Waals surface area (Å²) in [6, 6.07) is 10.8. The second-order valence-electron chi connectivity index (χ2n) is 5.78. The van der Waals surface area contributed by atoms with E-state index in [0.717, 1.165) is 0 Å². The Labute approximate surface area is 165 Å². The van der Waals surface area contributed by atoms with Crippen molar-refractivity contribution in [3.63, 3.8) is 0 Å². The minimum atomic E-state index is -4.51. The molecule has 9 heteroatoms. The predicted octanol–water partition coefficient (Wildman–Crippen LogP) is 3.65. The van der Waals surface area contributed by atoms with Crippen LogP contribution in [0.4, 0.5) is 18.9 Å². The van der Waals surface area contributed by atoms with Crippen LogP contribution in [-0.2, 0) is 4.79 Å². The summed E-state index contributed by atoms with van der Waals surface area (Å²) in [6.45, 7) is -1.44. The summed E-state index contributed by atoms with van der Waals surface area (Å²) in [4.78, 5) is 24.0. The van der Waals surface area contributed by atoms with E-state index in [1.165, 1.54) is 50.6 Å². The Morgan fingerprint density at radius 3 is 2.45 bits per heavy atom. The smallest absolute Gasteiger partial charge is 0.405 e. The molecule has 2 aromatic rings. The van der Waals surface area contributed by atoms with Crippen molar-refractivity contribution in [2.75, 3.05) is 26.1 Å². The highest BCUT2D eigenvalue weighted by Gasteiger charge is 2.27. The number of nitrogens with one attached hydrogen (secondary N) is 2. The number of alkyl halides is 3. The Hall–Kier alpha value is -3.49. The number of methoxy groups -OCH3 is 2. The molecule has 29 heavy (non-hydrogen) atoms. The number of anilines is 1. The average Bonchev–Trinajstić information content (AvgIpc) is 2.69. The van der Waals surface area contributed by atoms with Gasteiger partial charge in [0.25, 0.3) is 5.91 Å². The van der Waals surface area contributed by atoms with Crippen LogP contribution >= 0.6 is 0 Å². The molecule has 0 bridgehead atoms. The van der Waals surface area contributed by atoms with Gasteiger partial charge >= 0.3 is 6.18 Å². The van der Waals surface area contributed by atoms with Crippen LogP contribution in [0.1, 0.15) is 15.9 Å². The number of hydrogen-bond donors (Lipinski definition) is 2. The van der Waals surface area contributed by atoms with E-state index in [0.29, 0.717) is 17.1 Å². The lowest BCUT2D eigenvalue weighted by atomic mass is 10.1. The first kappa shape index (κ1) is 21.8. The Morgan fingerprint density at radius 1 is 1.07 bits per heavy atom. The first-order valence-corrected chi connectivity index (χ1v) is 8.38. The monoisotopic (exact) mass is 408 g/mol. The normalized spacial score (nSPS) is 11.2. The Morgan fingerprint density at radius 2 is 1.79 bits per heavy atom. The number of hydrogen-bond acceptors (Lipinski definition) is 4. The van der Waals surface area contributed by atoms with Crippen molar-refractivity contribution in [2.24, 2.45) is 0 Å². The number of para-hydroxylation sites is 1. The fourth-order valence-electron chi connectivity index (χ4n) is 2.41. The summed E-state index contributed by atoms with van der Waals surface area (Å²) < 4.78 is 47.1. The molecule has 0 aliphatic heterocycles. The third-order valence-corrected chi connectivity index (χ3v) is 3.69. The topological polar surface area (TPSA) is 76.7 Å². The zero-order chi connectivity index (χ0) is 21.4. The van der Waals surface area contributed by atoms with Crippen LogP contribution in [0, 0.1) is 0 Å². The van der Waals surface area contributed by atoms with Gasteiger partial charge in [-0.25, -0.2) is 0 Å². The Bertz CT molecular complexity index is 911. The van der Waals surface area contributed by atoms with Gasteiger partial charge in [0.1, 0.15) is 6.54 Å². The molecule has 154 valence electrons. The van der Waals surface area contributed by atoms with E-state index < -0.39 is 24.5 Å². The van der Waals surface area contributed by atoms with E-state index in [9.17, 15) is 22.8 Å². The highest BCUT2D eigenvalue weighted by Crippen LogP contribution is 2.31. The molecule has 2 N–H and O–H groups in total. The molecule has 2 aromatic carbocycles.